The number of para-hydroxylation sites is 1. The molecule has 0 bridgehead atoms. The lowest BCUT2D eigenvalue weighted by Crippen LogP contribution is -2.30. The highest BCUT2D eigenvalue weighted by Gasteiger charge is 2.22. The maximum atomic E-state index is 11.5. The average molecular weight is 281 g/mol. The lowest BCUT2D eigenvalue weighted by atomic mass is 10.1. The number of carbonyl (C=O) groups excluding carboxylic acids is 1. The minimum absolute atomic E-state index is 0.687. The molecule has 0 saturated heterocycles. The van der Waals surface area contributed by atoms with Crippen molar-refractivity contribution in [1.82, 2.24) is 9.78 Å². The van der Waals surface area contributed by atoms with Crippen molar-refractivity contribution < 1.29 is 4.79 Å². The van der Waals surface area contributed by atoms with Crippen LogP contribution in [-0.4, -0.2) is 29.2 Å². The van der Waals surface area contributed by atoms with Crippen LogP contribution in [0, 0.1) is 6.92 Å². The van der Waals surface area contributed by atoms with Crippen molar-refractivity contribution in [3.8, 4) is 5.69 Å². The van der Waals surface area contributed by atoms with Crippen LogP contribution < -0.4 is 4.90 Å². The normalized spacial score (nSPS) is 15.0. The molecule has 0 N–H and O–H groups in total. The van der Waals surface area contributed by atoms with Gasteiger partial charge in [-0.2, -0.15) is 5.10 Å². The van der Waals surface area contributed by atoms with Gasteiger partial charge in [0.2, 0.25) is 0 Å². The molecule has 2 heterocycles. The van der Waals surface area contributed by atoms with Crippen LogP contribution in [0.3, 0.4) is 0 Å². The minimum Gasteiger partial charge on any atom is -0.352 e. The Morgan fingerprint density at radius 1 is 1.19 bits per heavy atom. The van der Waals surface area contributed by atoms with Crippen LogP contribution in [-0.2, 0) is 0 Å². The van der Waals surface area contributed by atoms with Crippen LogP contribution in [0.2, 0.25) is 0 Å². The molecule has 1 aliphatic heterocycles. The van der Waals surface area contributed by atoms with Gasteiger partial charge >= 0.3 is 0 Å². The second-order valence-electron chi connectivity index (χ2n) is 5.43. The number of aryl methyl sites for hydroxylation is 1. The van der Waals surface area contributed by atoms with Crippen LogP contribution in [0.5, 0.6) is 0 Å². The van der Waals surface area contributed by atoms with Crippen molar-refractivity contribution in [1.29, 1.82) is 0 Å². The Bertz CT molecular complexity index is 686. The standard InChI is InChI=1S/C17H19N3O/c1-13-8-10-19(11-9-13)17-16(12-21)14(2)18-20(17)15-6-4-3-5-7-15/h3-8,12H,9-11H2,1-2H3. The second-order valence-corrected chi connectivity index (χ2v) is 5.43. The predicted molar refractivity (Wildman–Crippen MR) is 84.3 cm³/mol. The molecule has 0 unspecified atom stereocenters. The third kappa shape index (κ3) is 2.49. The molecule has 4 nitrogen and oxygen atoms in total. The monoisotopic (exact) mass is 281 g/mol. The van der Waals surface area contributed by atoms with Crippen LogP contribution in [0.15, 0.2) is 42.0 Å². The zero-order valence-corrected chi connectivity index (χ0v) is 12.4. The Labute approximate surface area is 124 Å². The van der Waals surface area contributed by atoms with Gasteiger partial charge in [0.15, 0.2) is 6.29 Å². The summed E-state index contributed by atoms with van der Waals surface area (Å²) in [5.74, 6) is 0.900. The van der Waals surface area contributed by atoms with E-state index in [9.17, 15) is 4.79 Å². The Hall–Kier alpha value is -2.36. The highest BCUT2D eigenvalue weighted by molar-refractivity contribution is 5.85. The highest BCUT2D eigenvalue weighted by atomic mass is 16.1. The number of anilines is 1. The van der Waals surface area contributed by atoms with Crippen molar-refractivity contribution in [3.63, 3.8) is 0 Å². The molecule has 0 spiro atoms. The van der Waals surface area contributed by atoms with E-state index in [2.05, 4.69) is 23.0 Å². The summed E-state index contributed by atoms with van der Waals surface area (Å²) in [5.41, 5.74) is 3.85. The molecule has 0 amide bonds. The molecule has 1 aliphatic rings. The molecule has 3 rings (SSSR count). The summed E-state index contributed by atoms with van der Waals surface area (Å²) in [6.45, 7) is 5.78. The third-order valence-corrected chi connectivity index (χ3v) is 3.94. The smallest absolute Gasteiger partial charge is 0.155 e. The van der Waals surface area contributed by atoms with Gasteiger partial charge in [-0.15, -0.1) is 0 Å². The zero-order valence-electron chi connectivity index (χ0n) is 12.4. The van der Waals surface area contributed by atoms with Crippen LogP contribution in [0.1, 0.15) is 29.4 Å². The van der Waals surface area contributed by atoms with Gasteiger partial charge in [-0.3, -0.25) is 4.79 Å². The molecule has 0 fully saturated rings. The number of hydrogen-bond donors (Lipinski definition) is 0. The van der Waals surface area contributed by atoms with E-state index in [1.165, 1.54) is 5.57 Å². The molecule has 0 atom stereocenters. The Balaban J connectivity index is 2.11. The van der Waals surface area contributed by atoms with Gasteiger partial charge < -0.3 is 4.90 Å². The van der Waals surface area contributed by atoms with Gasteiger partial charge in [-0.05, 0) is 32.4 Å². The molecule has 21 heavy (non-hydrogen) atoms. The summed E-state index contributed by atoms with van der Waals surface area (Å²) in [7, 11) is 0. The van der Waals surface area contributed by atoms with Crippen LogP contribution >= 0.6 is 0 Å². The van der Waals surface area contributed by atoms with E-state index in [1.54, 1.807) is 0 Å². The van der Waals surface area contributed by atoms with Gasteiger partial charge in [0, 0.05) is 13.1 Å². The van der Waals surface area contributed by atoms with Crippen molar-refractivity contribution >= 4 is 12.1 Å². The SMILES string of the molecule is CC1=CCN(c2c(C=O)c(C)nn2-c2ccccc2)CC1. The molecule has 108 valence electrons. The summed E-state index contributed by atoms with van der Waals surface area (Å²) in [5, 5.41) is 4.57. The lowest BCUT2D eigenvalue weighted by Gasteiger charge is -2.28. The van der Waals surface area contributed by atoms with E-state index in [1.807, 2.05) is 41.9 Å². The van der Waals surface area contributed by atoms with Gasteiger partial charge in [0.05, 0.1) is 16.9 Å². The molecule has 4 heteroatoms. The fraction of sp³-hybridized carbons (Fsp3) is 0.294. The van der Waals surface area contributed by atoms with Gasteiger partial charge in [-0.25, -0.2) is 4.68 Å². The van der Waals surface area contributed by atoms with Crippen molar-refractivity contribution in [3.05, 3.63) is 53.2 Å². The maximum Gasteiger partial charge on any atom is 0.155 e. The topological polar surface area (TPSA) is 38.1 Å². The number of benzene rings is 1. The van der Waals surface area contributed by atoms with Crippen molar-refractivity contribution in [2.24, 2.45) is 0 Å². The van der Waals surface area contributed by atoms with Crippen molar-refractivity contribution in [2.45, 2.75) is 20.3 Å². The number of rotatable bonds is 3. The van der Waals surface area contributed by atoms with E-state index >= 15 is 0 Å². The number of carbonyl (C=O) groups is 1. The van der Waals surface area contributed by atoms with E-state index in [0.717, 1.165) is 43.0 Å². The van der Waals surface area contributed by atoms with Gasteiger partial charge in [0.1, 0.15) is 5.82 Å². The summed E-state index contributed by atoms with van der Waals surface area (Å²) in [6, 6.07) is 9.96. The number of aromatic nitrogens is 2. The molecular formula is C17H19N3O. The quantitative estimate of drug-likeness (QED) is 0.641. The number of aldehydes is 1. The summed E-state index contributed by atoms with van der Waals surface area (Å²) < 4.78 is 1.88. The Morgan fingerprint density at radius 2 is 1.95 bits per heavy atom. The van der Waals surface area contributed by atoms with Crippen LogP contribution in [0.25, 0.3) is 5.69 Å². The van der Waals surface area contributed by atoms with Gasteiger partial charge in [-0.1, -0.05) is 29.8 Å². The molecule has 1 aromatic carbocycles. The van der Waals surface area contributed by atoms with Gasteiger partial charge in [0.25, 0.3) is 0 Å². The molecule has 0 saturated carbocycles. The molecular weight excluding hydrogens is 262 g/mol. The van der Waals surface area contributed by atoms with E-state index in [-0.39, 0.29) is 0 Å². The second kappa shape index (κ2) is 5.56. The summed E-state index contributed by atoms with van der Waals surface area (Å²) in [6.07, 6.45) is 4.16. The fourth-order valence-electron chi connectivity index (χ4n) is 2.68. The molecule has 1 aromatic heterocycles. The van der Waals surface area contributed by atoms with E-state index in [0.29, 0.717) is 5.56 Å². The average Bonchev–Trinajstić information content (AvgIpc) is 2.85. The van der Waals surface area contributed by atoms with Crippen molar-refractivity contribution in [2.75, 3.05) is 18.0 Å². The predicted octanol–water partition coefficient (Wildman–Crippen LogP) is 3.15. The van der Waals surface area contributed by atoms with Crippen LogP contribution in [0.4, 0.5) is 5.82 Å². The molecule has 2 aromatic rings. The summed E-state index contributed by atoms with van der Waals surface area (Å²) >= 11 is 0. The number of nitrogens with zero attached hydrogens (tertiary/aromatic N) is 3. The summed E-state index contributed by atoms with van der Waals surface area (Å²) in [4.78, 5) is 13.7. The number of hydrogen-bond acceptors (Lipinski definition) is 3. The molecule has 0 aliphatic carbocycles. The third-order valence-electron chi connectivity index (χ3n) is 3.94. The first-order valence-electron chi connectivity index (χ1n) is 7.21. The highest BCUT2D eigenvalue weighted by Crippen LogP contribution is 2.28. The molecule has 0 radical (unpaired) electrons. The first-order chi connectivity index (χ1) is 10.2. The largest absolute Gasteiger partial charge is 0.352 e. The lowest BCUT2D eigenvalue weighted by molar-refractivity contribution is 0.112. The minimum atomic E-state index is 0.687. The fourth-order valence-corrected chi connectivity index (χ4v) is 2.68. The zero-order chi connectivity index (χ0) is 14.8. The Kier molecular flexibility index (Phi) is 3.60. The first-order valence-corrected chi connectivity index (χ1v) is 7.21. The maximum absolute atomic E-state index is 11.5. The Morgan fingerprint density at radius 3 is 2.57 bits per heavy atom. The van der Waals surface area contributed by atoms with E-state index < -0.39 is 0 Å². The first kappa shape index (κ1) is 13.6. The van der Waals surface area contributed by atoms with E-state index in [4.69, 9.17) is 0 Å².